The van der Waals surface area contributed by atoms with Crippen LogP contribution >= 0.6 is 0 Å². The van der Waals surface area contributed by atoms with Crippen molar-refractivity contribution in [1.29, 1.82) is 0 Å². The van der Waals surface area contributed by atoms with Gasteiger partial charge in [-0.25, -0.2) is 0 Å². The summed E-state index contributed by atoms with van der Waals surface area (Å²) in [4.78, 5) is 0. The molecule has 0 aliphatic rings. The lowest BCUT2D eigenvalue weighted by Gasteiger charge is -2.14. The molecule has 2 atom stereocenters. The zero-order valence-electron chi connectivity index (χ0n) is 12.4. The number of methoxy groups -OCH3 is 1. The highest BCUT2D eigenvalue weighted by Crippen LogP contribution is 2.20. The minimum atomic E-state index is 0.231. The fourth-order valence-corrected chi connectivity index (χ4v) is 2.24. The summed E-state index contributed by atoms with van der Waals surface area (Å²) < 4.78 is 7.25. The number of nitrogens with zero attached hydrogens (tertiary/aromatic N) is 2. The van der Waals surface area contributed by atoms with Gasteiger partial charge >= 0.3 is 0 Å². The van der Waals surface area contributed by atoms with E-state index >= 15 is 0 Å². The van der Waals surface area contributed by atoms with E-state index in [0.29, 0.717) is 6.04 Å². The molecule has 0 spiro atoms. The van der Waals surface area contributed by atoms with Crippen LogP contribution in [0.15, 0.2) is 0 Å². The number of aryl methyl sites for hydroxylation is 1. The second-order valence-corrected chi connectivity index (χ2v) is 5.10. The molecule has 0 amide bonds. The summed E-state index contributed by atoms with van der Waals surface area (Å²) in [5.74, 6) is 0. The first-order valence-electron chi connectivity index (χ1n) is 6.80. The molecule has 2 N–H and O–H groups in total. The molecule has 2 unspecified atom stereocenters. The molecule has 0 bridgehead atoms. The lowest BCUT2D eigenvalue weighted by atomic mass is 10.0. The predicted octanol–water partition coefficient (Wildman–Crippen LogP) is 2.38. The maximum atomic E-state index is 6.05. The summed E-state index contributed by atoms with van der Waals surface area (Å²) in [5, 5.41) is 4.66. The Balaban J connectivity index is 2.85. The van der Waals surface area contributed by atoms with Crippen LogP contribution in [0, 0.1) is 13.8 Å². The van der Waals surface area contributed by atoms with Crippen molar-refractivity contribution < 1.29 is 4.74 Å². The van der Waals surface area contributed by atoms with Crippen molar-refractivity contribution in [1.82, 2.24) is 9.78 Å². The molecule has 1 rings (SSSR count). The van der Waals surface area contributed by atoms with Crippen LogP contribution in [0.5, 0.6) is 0 Å². The van der Waals surface area contributed by atoms with Crippen LogP contribution in [0.3, 0.4) is 0 Å². The molecule has 4 heteroatoms. The predicted molar refractivity (Wildman–Crippen MR) is 74.9 cm³/mol. The maximum Gasteiger partial charge on any atom is 0.0629 e. The second kappa shape index (κ2) is 6.90. The van der Waals surface area contributed by atoms with E-state index in [1.165, 1.54) is 11.3 Å². The van der Waals surface area contributed by atoms with E-state index in [1.807, 2.05) is 0 Å². The Morgan fingerprint density at radius 1 is 1.39 bits per heavy atom. The van der Waals surface area contributed by atoms with E-state index < -0.39 is 0 Å². The van der Waals surface area contributed by atoms with Crippen LogP contribution < -0.4 is 5.73 Å². The highest BCUT2D eigenvalue weighted by Gasteiger charge is 2.17. The zero-order chi connectivity index (χ0) is 13.7. The Morgan fingerprint density at radius 3 is 2.61 bits per heavy atom. The SMILES string of the molecule is CCC(N)Cc1c(C)nn(C(C)CCOC)c1C. The third-order valence-corrected chi connectivity index (χ3v) is 3.62. The largest absolute Gasteiger partial charge is 0.385 e. The van der Waals surface area contributed by atoms with E-state index in [9.17, 15) is 0 Å². The average Bonchev–Trinajstić information content (AvgIpc) is 2.63. The monoisotopic (exact) mass is 253 g/mol. The first-order valence-corrected chi connectivity index (χ1v) is 6.80. The Morgan fingerprint density at radius 2 is 2.06 bits per heavy atom. The number of nitrogens with two attached hydrogens (primary N) is 1. The van der Waals surface area contributed by atoms with Gasteiger partial charge in [-0.1, -0.05) is 6.92 Å². The summed E-state index contributed by atoms with van der Waals surface area (Å²) in [6.45, 7) is 9.29. The first kappa shape index (κ1) is 15.2. The highest BCUT2D eigenvalue weighted by molar-refractivity contribution is 5.26. The summed E-state index contributed by atoms with van der Waals surface area (Å²) in [5.41, 5.74) is 9.73. The Bertz CT molecular complexity index is 373. The topological polar surface area (TPSA) is 53.1 Å². The van der Waals surface area contributed by atoms with Crippen LogP contribution in [-0.4, -0.2) is 29.5 Å². The maximum absolute atomic E-state index is 6.05. The van der Waals surface area contributed by atoms with Crippen molar-refractivity contribution in [2.75, 3.05) is 13.7 Å². The van der Waals surface area contributed by atoms with E-state index in [0.717, 1.165) is 31.6 Å². The molecule has 0 aromatic carbocycles. The van der Waals surface area contributed by atoms with Gasteiger partial charge in [0.25, 0.3) is 0 Å². The molecule has 0 saturated heterocycles. The van der Waals surface area contributed by atoms with Crippen LogP contribution in [0.25, 0.3) is 0 Å². The molecular weight excluding hydrogens is 226 g/mol. The molecule has 0 aliphatic carbocycles. The smallest absolute Gasteiger partial charge is 0.0629 e. The molecule has 1 aromatic heterocycles. The van der Waals surface area contributed by atoms with Gasteiger partial charge in [0.05, 0.1) is 11.7 Å². The lowest BCUT2D eigenvalue weighted by Crippen LogP contribution is -2.22. The number of aromatic nitrogens is 2. The molecule has 0 radical (unpaired) electrons. The normalized spacial score (nSPS) is 14.8. The molecule has 0 saturated carbocycles. The minimum absolute atomic E-state index is 0.231. The molecule has 18 heavy (non-hydrogen) atoms. The van der Waals surface area contributed by atoms with Gasteiger partial charge in [-0.05, 0) is 45.6 Å². The zero-order valence-corrected chi connectivity index (χ0v) is 12.4. The minimum Gasteiger partial charge on any atom is -0.385 e. The molecule has 1 heterocycles. The summed E-state index contributed by atoms with van der Waals surface area (Å²) >= 11 is 0. The van der Waals surface area contributed by atoms with Crippen molar-refractivity contribution in [3.05, 3.63) is 17.0 Å². The molecular formula is C14H27N3O. The average molecular weight is 253 g/mol. The molecule has 1 aromatic rings. The Labute approximate surface area is 111 Å². The third-order valence-electron chi connectivity index (χ3n) is 3.62. The standard InChI is InChI=1S/C14H27N3O/c1-6-13(15)9-14-11(3)16-17(12(14)4)10(2)7-8-18-5/h10,13H,6-9,15H2,1-5H3. The van der Waals surface area contributed by atoms with Gasteiger partial charge in [0, 0.05) is 25.5 Å². The molecule has 4 nitrogen and oxygen atoms in total. The number of hydrogen-bond donors (Lipinski definition) is 1. The lowest BCUT2D eigenvalue weighted by molar-refractivity contribution is 0.178. The van der Waals surface area contributed by atoms with Gasteiger partial charge in [0.15, 0.2) is 0 Å². The van der Waals surface area contributed by atoms with E-state index in [2.05, 4.69) is 37.5 Å². The Hall–Kier alpha value is -0.870. The summed E-state index contributed by atoms with van der Waals surface area (Å²) in [6, 6.07) is 0.601. The van der Waals surface area contributed by atoms with Gasteiger partial charge < -0.3 is 10.5 Å². The van der Waals surface area contributed by atoms with Crippen LogP contribution in [0.4, 0.5) is 0 Å². The quantitative estimate of drug-likeness (QED) is 0.811. The number of ether oxygens (including phenoxy) is 1. The van der Waals surface area contributed by atoms with Crippen LogP contribution in [0.2, 0.25) is 0 Å². The van der Waals surface area contributed by atoms with E-state index in [4.69, 9.17) is 10.5 Å². The van der Waals surface area contributed by atoms with E-state index in [1.54, 1.807) is 7.11 Å². The fraction of sp³-hybridized carbons (Fsp3) is 0.786. The molecule has 0 fully saturated rings. The van der Waals surface area contributed by atoms with Crippen LogP contribution in [0.1, 0.15) is 49.7 Å². The van der Waals surface area contributed by atoms with Gasteiger partial charge in [-0.3, -0.25) is 4.68 Å². The van der Waals surface area contributed by atoms with Gasteiger partial charge in [0.1, 0.15) is 0 Å². The van der Waals surface area contributed by atoms with Gasteiger partial charge in [-0.15, -0.1) is 0 Å². The van der Waals surface area contributed by atoms with Gasteiger partial charge in [-0.2, -0.15) is 5.10 Å². The summed E-state index contributed by atoms with van der Waals surface area (Å²) in [7, 11) is 1.74. The fourth-order valence-electron chi connectivity index (χ4n) is 2.24. The highest BCUT2D eigenvalue weighted by atomic mass is 16.5. The van der Waals surface area contributed by atoms with Gasteiger partial charge in [0.2, 0.25) is 0 Å². The first-order chi connectivity index (χ1) is 8.51. The molecule has 0 aliphatic heterocycles. The van der Waals surface area contributed by atoms with E-state index in [-0.39, 0.29) is 6.04 Å². The van der Waals surface area contributed by atoms with Crippen molar-refractivity contribution >= 4 is 0 Å². The van der Waals surface area contributed by atoms with Crippen molar-refractivity contribution in [3.8, 4) is 0 Å². The van der Waals surface area contributed by atoms with Crippen LogP contribution in [-0.2, 0) is 11.2 Å². The second-order valence-electron chi connectivity index (χ2n) is 5.10. The van der Waals surface area contributed by atoms with Crippen molar-refractivity contribution in [2.45, 2.75) is 59.0 Å². The van der Waals surface area contributed by atoms with Crippen molar-refractivity contribution in [3.63, 3.8) is 0 Å². The molecule has 104 valence electrons. The summed E-state index contributed by atoms with van der Waals surface area (Å²) in [6.07, 6.45) is 2.91. The number of rotatable bonds is 7. The Kier molecular flexibility index (Phi) is 5.82. The van der Waals surface area contributed by atoms with Crippen molar-refractivity contribution in [2.24, 2.45) is 5.73 Å². The third kappa shape index (κ3) is 3.56. The number of hydrogen-bond acceptors (Lipinski definition) is 3.